The molecule has 1 aromatic rings. The fourth-order valence-corrected chi connectivity index (χ4v) is 1.39. The van der Waals surface area contributed by atoms with E-state index in [1.54, 1.807) is 0 Å². The number of hydrogen-bond acceptors (Lipinski definition) is 2. The third-order valence-electron chi connectivity index (χ3n) is 2.07. The summed E-state index contributed by atoms with van der Waals surface area (Å²) in [7, 11) is 0. The van der Waals surface area contributed by atoms with Crippen LogP contribution in [-0.2, 0) is 11.0 Å². The Balaban J connectivity index is 3.30. The zero-order chi connectivity index (χ0) is 12.7. The molecule has 0 saturated heterocycles. The van der Waals surface area contributed by atoms with Gasteiger partial charge in [-0.3, -0.25) is 4.68 Å². The molecule has 0 fully saturated rings. The van der Waals surface area contributed by atoms with E-state index in [-0.39, 0.29) is 5.69 Å². The van der Waals surface area contributed by atoms with Crippen LogP contribution in [0.2, 0.25) is 5.02 Å². The van der Waals surface area contributed by atoms with Crippen LogP contribution in [0.25, 0.3) is 0 Å². The molecule has 0 saturated carbocycles. The van der Waals surface area contributed by atoms with Crippen molar-refractivity contribution in [1.82, 2.24) is 9.78 Å². The van der Waals surface area contributed by atoms with Gasteiger partial charge in [-0.1, -0.05) is 11.6 Å². The van der Waals surface area contributed by atoms with E-state index in [0.717, 1.165) is 4.68 Å². The molecule has 0 aliphatic heterocycles. The molecule has 0 amide bonds. The number of halogens is 4. The van der Waals surface area contributed by atoms with Gasteiger partial charge in [-0.25, -0.2) is 4.79 Å². The lowest BCUT2D eigenvalue weighted by molar-refractivity contribution is -0.144. The number of aliphatic carboxylic acids is 1. The topological polar surface area (TPSA) is 55.1 Å². The second kappa shape index (κ2) is 3.97. The summed E-state index contributed by atoms with van der Waals surface area (Å²) in [6.45, 7) is 2.50. The highest BCUT2D eigenvalue weighted by Gasteiger charge is 2.39. The third kappa shape index (κ3) is 2.13. The summed E-state index contributed by atoms with van der Waals surface area (Å²) in [5.41, 5.74) is -1.29. The van der Waals surface area contributed by atoms with Gasteiger partial charge >= 0.3 is 12.1 Å². The lowest BCUT2D eigenvalue weighted by Gasteiger charge is -2.08. The molecule has 1 atom stereocenters. The van der Waals surface area contributed by atoms with Gasteiger partial charge in [0.25, 0.3) is 0 Å². The first kappa shape index (κ1) is 12.8. The Hall–Kier alpha value is -1.24. The molecule has 1 N–H and O–H groups in total. The van der Waals surface area contributed by atoms with Crippen molar-refractivity contribution < 1.29 is 23.1 Å². The summed E-state index contributed by atoms with van der Waals surface area (Å²) < 4.78 is 37.9. The van der Waals surface area contributed by atoms with Crippen LogP contribution in [0.1, 0.15) is 24.4 Å². The molecular formula is C8H8ClF3N2O2. The Morgan fingerprint density at radius 2 is 2.06 bits per heavy atom. The van der Waals surface area contributed by atoms with E-state index < -0.39 is 28.9 Å². The number of carboxylic acids is 1. The predicted octanol–water partition coefficient (Wildman–Crippen LogP) is 2.51. The van der Waals surface area contributed by atoms with Crippen LogP contribution >= 0.6 is 11.6 Å². The first-order valence-corrected chi connectivity index (χ1v) is 4.58. The van der Waals surface area contributed by atoms with E-state index in [9.17, 15) is 18.0 Å². The Morgan fingerprint density at radius 1 is 1.56 bits per heavy atom. The predicted molar refractivity (Wildman–Crippen MR) is 49.3 cm³/mol. The maximum atomic E-state index is 12.4. The van der Waals surface area contributed by atoms with Gasteiger partial charge in [0.15, 0.2) is 5.69 Å². The van der Waals surface area contributed by atoms with E-state index in [4.69, 9.17) is 16.7 Å². The van der Waals surface area contributed by atoms with Gasteiger partial charge < -0.3 is 5.11 Å². The van der Waals surface area contributed by atoms with Crippen molar-refractivity contribution >= 4 is 17.6 Å². The molecule has 90 valence electrons. The van der Waals surface area contributed by atoms with Gasteiger partial charge in [-0.15, -0.1) is 0 Å². The molecule has 0 spiro atoms. The highest BCUT2D eigenvalue weighted by Crippen LogP contribution is 2.36. The van der Waals surface area contributed by atoms with E-state index in [1.165, 1.54) is 13.8 Å². The molecule has 16 heavy (non-hydrogen) atoms. The second-order valence-corrected chi connectivity index (χ2v) is 3.58. The van der Waals surface area contributed by atoms with Crippen molar-refractivity contribution in [2.24, 2.45) is 0 Å². The fourth-order valence-electron chi connectivity index (χ4n) is 1.16. The molecule has 0 aliphatic carbocycles. The van der Waals surface area contributed by atoms with Gasteiger partial charge in [0.1, 0.15) is 6.04 Å². The maximum absolute atomic E-state index is 12.4. The van der Waals surface area contributed by atoms with Crippen LogP contribution in [0.4, 0.5) is 13.2 Å². The summed E-state index contributed by atoms with van der Waals surface area (Å²) in [4.78, 5) is 10.6. The van der Waals surface area contributed by atoms with Crippen molar-refractivity contribution in [3.05, 3.63) is 16.4 Å². The van der Waals surface area contributed by atoms with E-state index in [2.05, 4.69) is 5.10 Å². The van der Waals surface area contributed by atoms with Crippen LogP contribution in [0.5, 0.6) is 0 Å². The quantitative estimate of drug-likeness (QED) is 0.884. The average Bonchev–Trinajstić information content (AvgIpc) is 2.42. The molecule has 4 nitrogen and oxygen atoms in total. The number of nitrogens with zero attached hydrogens (tertiary/aromatic N) is 2. The highest BCUT2D eigenvalue weighted by molar-refractivity contribution is 6.32. The van der Waals surface area contributed by atoms with E-state index in [0.29, 0.717) is 0 Å². The molecule has 1 aromatic heterocycles. The molecule has 0 bridgehead atoms. The van der Waals surface area contributed by atoms with Gasteiger partial charge in [0.05, 0.1) is 10.7 Å². The summed E-state index contributed by atoms with van der Waals surface area (Å²) in [5.74, 6) is -1.28. The molecule has 1 heterocycles. The number of rotatable bonds is 2. The fraction of sp³-hybridized carbons (Fsp3) is 0.500. The van der Waals surface area contributed by atoms with Gasteiger partial charge in [0, 0.05) is 0 Å². The smallest absolute Gasteiger partial charge is 0.436 e. The molecule has 0 radical (unpaired) electrons. The average molecular weight is 257 g/mol. The molecule has 1 rings (SSSR count). The van der Waals surface area contributed by atoms with Crippen LogP contribution in [0, 0.1) is 6.92 Å². The number of carboxylic acid groups (broad SMARTS) is 1. The standard InChI is InChI=1S/C8H8ClF3N2O2/c1-3-5(9)6(8(10,11)12)13-14(3)4(2)7(15)16/h4H,1-2H3,(H,15,16). The van der Waals surface area contributed by atoms with Crippen molar-refractivity contribution in [2.45, 2.75) is 26.1 Å². The van der Waals surface area contributed by atoms with Crippen molar-refractivity contribution in [1.29, 1.82) is 0 Å². The van der Waals surface area contributed by atoms with Crippen molar-refractivity contribution in [3.63, 3.8) is 0 Å². The lowest BCUT2D eigenvalue weighted by atomic mass is 10.3. The zero-order valence-corrected chi connectivity index (χ0v) is 9.10. The van der Waals surface area contributed by atoms with Crippen LogP contribution in [0.15, 0.2) is 0 Å². The number of hydrogen-bond donors (Lipinski definition) is 1. The largest absolute Gasteiger partial charge is 0.480 e. The van der Waals surface area contributed by atoms with Gasteiger partial charge in [-0.05, 0) is 13.8 Å². The Morgan fingerprint density at radius 3 is 2.38 bits per heavy atom. The number of aromatic nitrogens is 2. The van der Waals surface area contributed by atoms with Crippen molar-refractivity contribution in [3.8, 4) is 0 Å². The minimum Gasteiger partial charge on any atom is -0.480 e. The molecular weight excluding hydrogens is 249 g/mol. The molecule has 0 aromatic carbocycles. The number of alkyl halides is 3. The summed E-state index contributed by atoms with van der Waals surface area (Å²) in [5, 5.41) is 11.3. The number of carbonyl (C=O) groups is 1. The minimum atomic E-state index is -4.69. The van der Waals surface area contributed by atoms with Crippen LogP contribution < -0.4 is 0 Å². The lowest BCUT2D eigenvalue weighted by Crippen LogP contribution is -2.18. The first-order valence-electron chi connectivity index (χ1n) is 4.21. The van der Waals surface area contributed by atoms with Crippen LogP contribution in [-0.4, -0.2) is 20.9 Å². The van der Waals surface area contributed by atoms with E-state index >= 15 is 0 Å². The maximum Gasteiger partial charge on any atom is 0.436 e. The summed E-state index contributed by atoms with van der Waals surface area (Å²) in [6, 6.07) is -1.20. The highest BCUT2D eigenvalue weighted by atomic mass is 35.5. The van der Waals surface area contributed by atoms with Gasteiger partial charge in [-0.2, -0.15) is 18.3 Å². The third-order valence-corrected chi connectivity index (χ3v) is 2.52. The minimum absolute atomic E-state index is 0.0242. The second-order valence-electron chi connectivity index (χ2n) is 3.20. The Bertz CT molecular complexity index is 428. The van der Waals surface area contributed by atoms with Crippen LogP contribution in [0.3, 0.4) is 0 Å². The monoisotopic (exact) mass is 256 g/mol. The molecule has 1 unspecified atom stereocenters. The molecule has 8 heteroatoms. The normalized spacial score (nSPS) is 13.9. The Labute approximate surface area is 93.6 Å². The SMILES string of the molecule is Cc1c(Cl)c(C(F)(F)F)nn1C(C)C(=O)O. The summed E-state index contributed by atoms with van der Waals surface area (Å²) >= 11 is 5.45. The molecule has 0 aliphatic rings. The Kier molecular flexibility index (Phi) is 3.18. The van der Waals surface area contributed by atoms with Gasteiger partial charge in [0.2, 0.25) is 0 Å². The zero-order valence-electron chi connectivity index (χ0n) is 8.34. The van der Waals surface area contributed by atoms with E-state index in [1.807, 2.05) is 0 Å². The van der Waals surface area contributed by atoms with Crippen molar-refractivity contribution in [2.75, 3.05) is 0 Å². The first-order chi connectivity index (χ1) is 7.16. The summed E-state index contributed by atoms with van der Waals surface area (Å²) in [6.07, 6.45) is -4.69.